The van der Waals surface area contributed by atoms with E-state index in [9.17, 15) is 4.79 Å². The molecular weight excluding hydrogens is 348 g/mol. The summed E-state index contributed by atoms with van der Waals surface area (Å²) in [6.45, 7) is 3.69. The predicted octanol–water partition coefficient (Wildman–Crippen LogP) is 2.66. The highest BCUT2D eigenvalue weighted by Gasteiger charge is 2.19. The molecule has 0 spiro atoms. The van der Waals surface area contributed by atoms with Gasteiger partial charge < -0.3 is 24.4 Å². The number of amides is 1. The average Bonchev–Trinajstić information content (AvgIpc) is 3.21. The topological polar surface area (TPSA) is 85.8 Å². The van der Waals surface area contributed by atoms with Crippen molar-refractivity contribution in [3.63, 3.8) is 0 Å². The van der Waals surface area contributed by atoms with Gasteiger partial charge in [-0.3, -0.25) is 4.79 Å². The van der Waals surface area contributed by atoms with Gasteiger partial charge in [0.1, 0.15) is 5.69 Å². The molecule has 3 rings (SSSR count). The third kappa shape index (κ3) is 4.05. The highest BCUT2D eigenvalue weighted by Crippen LogP contribution is 2.40. The molecule has 0 radical (unpaired) electrons. The number of nitrogens with zero attached hydrogens (tertiary/aromatic N) is 3. The number of rotatable bonds is 6. The van der Waals surface area contributed by atoms with Crippen LogP contribution in [0.5, 0.6) is 17.2 Å². The van der Waals surface area contributed by atoms with Crippen LogP contribution in [-0.4, -0.2) is 50.3 Å². The van der Waals surface area contributed by atoms with Crippen molar-refractivity contribution in [3.05, 3.63) is 29.6 Å². The summed E-state index contributed by atoms with van der Waals surface area (Å²) >= 11 is 0. The molecule has 1 N–H and O–H groups in total. The number of anilines is 2. The molecule has 0 saturated carbocycles. The van der Waals surface area contributed by atoms with E-state index in [4.69, 9.17) is 14.2 Å². The number of hydrogen-bond donors (Lipinski definition) is 1. The van der Waals surface area contributed by atoms with Crippen LogP contribution in [0.3, 0.4) is 0 Å². The molecule has 1 aliphatic rings. The van der Waals surface area contributed by atoms with Crippen LogP contribution in [-0.2, 0) is 0 Å². The lowest BCUT2D eigenvalue weighted by Crippen LogP contribution is -2.23. The van der Waals surface area contributed by atoms with Crippen molar-refractivity contribution in [2.24, 2.45) is 0 Å². The van der Waals surface area contributed by atoms with Gasteiger partial charge in [-0.05, 0) is 25.8 Å². The second-order valence-electron chi connectivity index (χ2n) is 6.26. The van der Waals surface area contributed by atoms with Crippen LogP contribution in [0.2, 0.25) is 0 Å². The molecule has 1 aromatic carbocycles. The van der Waals surface area contributed by atoms with Gasteiger partial charge in [-0.25, -0.2) is 9.97 Å². The van der Waals surface area contributed by atoms with E-state index in [1.165, 1.54) is 21.3 Å². The van der Waals surface area contributed by atoms with Crippen molar-refractivity contribution in [2.45, 2.75) is 19.8 Å². The molecule has 8 heteroatoms. The molecule has 0 atom stereocenters. The fourth-order valence-corrected chi connectivity index (χ4v) is 3.08. The maximum Gasteiger partial charge on any atom is 0.274 e. The standard InChI is InChI=1S/C19H24N4O4/c1-12-9-14(22-19(20-12)23-7-5-6-8-23)18(24)21-13-10-15(25-2)17(27-4)16(11-13)26-3/h9-11H,5-8H2,1-4H3,(H,21,24). The smallest absolute Gasteiger partial charge is 0.274 e. The summed E-state index contributed by atoms with van der Waals surface area (Å²) in [5.74, 6) is 1.66. The van der Waals surface area contributed by atoms with Crippen LogP contribution in [0.25, 0.3) is 0 Å². The molecule has 0 bridgehead atoms. The van der Waals surface area contributed by atoms with Gasteiger partial charge in [0, 0.05) is 36.6 Å². The number of aromatic nitrogens is 2. The molecule has 27 heavy (non-hydrogen) atoms. The van der Waals surface area contributed by atoms with Crippen LogP contribution in [0, 0.1) is 6.92 Å². The van der Waals surface area contributed by atoms with E-state index in [0.29, 0.717) is 34.6 Å². The fraction of sp³-hybridized carbons (Fsp3) is 0.421. The van der Waals surface area contributed by atoms with E-state index in [1.807, 2.05) is 6.92 Å². The minimum absolute atomic E-state index is 0.318. The molecule has 1 fully saturated rings. The van der Waals surface area contributed by atoms with Crippen molar-refractivity contribution in [2.75, 3.05) is 44.6 Å². The highest BCUT2D eigenvalue weighted by atomic mass is 16.5. The Kier molecular flexibility index (Phi) is 5.63. The minimum Gasteiger partial charge on any atom is -0.493 e. The number of methoxy groups -OCH3 is 3. The van der Waals surface area contributed by atoms with E-state index >= 15 is 0 Å². The van der Waals surface area contributed by atoms with Gasteiger partial charge in [-0.2, -0.15) is 0 Å². The Morgan fingerprint density at radius 2 is 1.63 bits per heavy atom. The summed E-state index contributed by atoms with van der Waals surface area (Å²) in [5.41, 5.74) is 1.59. The number of ether oxygens (including phenoxy) is 3. The lowest BCUT2D eigenvalue weighted by atomic mass is 10.2. The zero-order valence-corrected chi connectivity index (χ0v) is 16.0. The summed E-state index contributed by atoms with van der Waals surface area (Å²) in [7, 11) is 4.58. The maximum absolute atomic E-state index is 12.8. The van der Waals surface area contributed by atoms with E-state index in [2.05, 4.69) is 20.2 Å². The molecule has 1 aromatic heterocycles. The zero-order chi connectivity index (χ0) is 19.4. The Morgan fingerprint density at radius 3 is 2.19 bits per heavy atom. The van der Waals surface area contributed by atoms with Crippen LogP contribution in [0.1, 0.15) is 29.0 Å². The van der Waals surface area contributed by atoms with Crippen LogP contribution in [0.4, 0.5) is 11.6 Å². The second-order valence-corrected chi connectivity index (χ2v) is 6.26. The summed E-state index contributed by atoms with van der Waals surface area (Å²) < 4.78 is 16.0. The number of carbonyl (C=O) groups excluding carboxylic acids is 1. The summed E-state index contributed by atoms with van der Waals surface area (Å²) in [4.78, 5) is 23.8. The van der Waals surface area contributed by atoms with Gasteiger partial charge in [-0.1, -0.05) is 0 Å². The Hall–Kier alpha value is -3.03. The fourth-order valence-electron chi connectivity index (χ4n) is 3.08. The maximum atomic E-state index is 12.8. The van der Waals surface area contributed by atoms with Gasteiger partial charge in [0.05, 0.1) is 21.3 Å². The van der Waals surface area contributed by atoms with Crippen molar-refractivity contribution in [1.29, 1.82) is 0 Å². The van der Waals surface area contributed by atoms with Crippen molar-refractivity contribution in [3.8, 4) is 17.2 Å². The molecule has 1 aliphatic heterocycles. The number of carbonyl (C=O) groups is 1. The molecule has 1 amide bonds. The first-order valence-electron chi connectivity index (χ1n) is 8.77. The van der Waals surface area contributed by atoms with Gasteiger partial charge >= 0.3 is 0 Å². The number of benzene rings is 1. The third-order valence-corrected chi connectivity index (χ3v) is 4.39. The number of nitrogens with one attached hydrogen (secondary N) is 1. The van der Waals surface area contributed by atoms with E-state index in [0.717, 1.165) is 31.6 Å². The van der Waals surface area contributed by atoms with Gasteiger partial charge in [-0.15, -0.1) is 0 Å². The second kappa shape index (κ2) is 8.11. The highest BCUT2D eigenvalue weighted by molar-refractivity contribution is 6.03. The number of hydrogen-bond acceptors (Lipinski definition) is 7. The van der Waals surface area contributed by atoms with Crippen LogP contribution >= 0.6 is 0 Å². The van der Waals surface area contributed by atoms with Crippen molar-refractivity contribution < 1.29 is 19.0 Å². The quantitative estimate of drug-likeness (QED) is 0.834. The van der Waals surface area contributed by atoms with Crippen LogP contribution in [0.15, 0.2) is 18.2 Å². The Balaban J connectivity index is 1.87. The van der Waals surface area contributed by atoms with Gasteiger partial charge in [0.15, 0.2) is 11.5 Å². The van der Waals surface area contributed by atoms with Crippen LogP contribution < -0.4 is 24.4 Å². The molecular formula is C19H24N4O4. The lowest BCUT2D eigenvalue weighted by Gasteiger charge is -2.17. The first-order valence-corrected chi connectivity index (χ1v) is 8.77. The van der Waals surface area contributed by atoms with Crippen molar-refractivity contribution >= 4 is 17.5 Å². The molecule has 144 valence electrons. The van der Waals surface area contributed by atoms with E-state index < -0.39 is 0 Å². The Bertz CT molecular complexity index is 809. The van der Waals surface area contributed by atoms with Gasteiger partial charge in [0.25, 0.3) is 5.91 Å². The van der Waals surface area contributed by atoms with E-state index in [1.54, 1.807) is 18.2 Å². The summed E-state index contributed by atoms with van der Waals surface area (Å²) in [6, 6.07) is 5.02. The zero-order valence-electron chi connectivity index (χ0n) is 16.0. The van der Waals surface area contributed by atoms with E-state index in [-0.39, 0.29) is 5.91 Å². The SMILES string of the molecule is COc1cc(NC(=O)c2cc(C)nc(N3CCCC3)n2)cc(OC)c1OC. The summed E-state index contributed by atoms with van der Waals surface area (Å²) in [6.07, 6.45) is 2.23. The lowest BCUT2D eigenvalue weighted by molar-refractivity contribution is 0.102. The average molecular weight is 372 g/mol. The minimum atomic E-state index is -0.324. The Morgan fingerprint density at radius 1 is 1.00 bits per heavy atom. The first kappa shape index (κ1) is 18.8. The molecule has 0 unspecified atom stereocenters. The summed E-state index contributed by atoms with van der Waals surface area (Å²) in [5, 5.41) is 2.84. The molecule has 1 saturated heterocycles. The third-order valence-electron chi connectivity index (χ3n) is 4.39. The van der Waals surface area contributed by atoms with Crippen molar-refractivity contribution in [1.82, 2.24) is 9.97 Å². The number of aryl methyl sites for hydroxylation is 1. The van der Waals surface area contributed by atoms with Gasteiger partial charge in [0.2, 0.25) is 11.7 Å². The molecule has 8 nitrogen and oxygen atoms in total. The molecule has 2 heterocycles. The monoisotopic (exact) mass is 372 g/mol. The predicted molar refractivity (Wildman–Crippen MR) is 102 cm³/mol. The normalized spacial score (nSPS) is 13.4. The molecule has 0 aliphatic carbocycles. The Labute approximate surface area is 158 Å². The first-order chi connectivity index (χ1) is 13.0. The largest absolute Gasteiger partial charge is 0.493 e. The molecule has 2 aromatic rings.